The van der Waals surface area contributed by atoms with E-state index in [1.807, 2.05) is 13.0 Å². The molecule has 1 aliphatic rings. The first-order valence-electron chi connectivity index (χ1n) is 7.25. The number of nitrogens with one attached hydrogen (secondary N) is 1. The number of nitrogen functional groups attached to an aromatic ring is 1. The number of carbonyl (C=O) groups is 1. The highest BCUT2D eigenvalue weighted by molar-refractivity contribution is 5.95. The van der Waals surface area contributed by atoms with E-state index in [9.17, 15) is 4.79 Å². The molecule has 0 spiro atoms. The molecule has 5 heteroatoms. The molecule has 20 heavy (non-hydrogen) atoms. The Hall–Kier alpha value is -1.62. The summed E-state index contributed by atoms with van der Waals surface area (Å²) in [5.41, 5.74) is 7.23. The number of amides is 1. The van der Waals surface area contributed by atoms with Crippen LogP contribution in [0.2, 0.25) is 0 Å². The molecule has 1 fully saturated rings. The Bertz CT molecular complexity index is 470. The number of nitrogens with two attached hydrogens (primary N) is 1. The van der Waals surface area contributed by atoms with Crippen molar-refractivity contribution in [1.82, 2.24) is 10.3 Å². The maximum atomic E-state index is 12.3. The fraction of sp³-hybridized carbons (Fsp3) is 0.600. The predicted molar refractivity (Wildman–Crippen MR) is 78.5 cm³/mol. The number of ether oxygens (including phenoxy) is 1. The zero-order chi connectivity index (χ0) is 14.5. The van der Waals surface area contributed by atoms with Crippen LogP contribution in [0.4, 0.5) is 5.82 Å². The second kappa shape index (κ2) is 6.70. The molecule has 0 aromatic carbocycles. The number of rotatable bonds is 5. The fourth-order valence-electron chi connectivity index (χ4n) is 2.48. The van der Waals surface area contributed by atoms with Crippen LogP contribution >= 0.6 is 0 Å². The highest BCUT2D eigenvalue weighted by atomic mass is 16.5. The molecule has 0 radical (unpaired) electrons. The Kier molecular flexibility index (Phi) is 4.95. The number of pyridine rings is 1. The van der Waals surface area contributed by atoms with Crippen molar-refractivity contribution < 1.29 is 9.53 Å². The molecule has 2 heterocycles. The van der Waals surface area contributed by atoms with Crippen LogP contribution in [0.1, 0.15) is 42.7 Å². The van der Waals surface area contributed by atoms with Crippen LogP contribution in [-0.4, -0.2) is 30.1 Å². The van der Waals surface area contributed by atoms with Crippen molar-refractivity contribution in [2.24, 2.45) is 5.92 Å². The van der Waals surface area contributed by atoms with Crippen molar-refractivity contribution in [1.29, 1.82) is 0 Å². The molecule has 2 unspecified atom stereocenters. The summed E-state index contributed by atoms with van der Waals surface area (Å²) in [5.74, 6) is 0.710. The molecule has 0 aliphatic carbocycles. The Labute approximate surface area is 119 Å². The molecule has 2 atom stereocenters. The highest BCUT2D eigenvalue weighted by Crippen LogP contribution is 2.17. The summed E-state index contributed by atoms with van der Waals surface area (Å²) < 4.78 is 5.35. The molecule has 1 saturated heterocycles. The van der Waals surface area contributed by atoms with E-state index < -0.39 is 0 Å². The van der Waals surface area contributed by atoms with Gasteiger partial charge >= 0.3 is 0 Å². The van der Waals surface area contributed by atoms with Gasteiger partial charge in [0.25, 0.3) is 5.91 Å². The van der Waals surface area contributed by atoms with Gasteiger partial charge in [0, 0.05) is 29.8 Å². The first-order valence-corrected chi connectivity index (χ1v) is 7.25. The van der Waals surface area contributed by atoms with Gasteiger partial charge in [0.15, 0.2) is 0 Å². The lowest BCUT2D eigenvalue weighted by Crippen LogP contribution is -2.38. The molecular weight excluding hydrogens is 254 g/mol. The van der Waals surface area contributed by atoms with E-state index >= 15 is 0 Å². The maximum Gasteiger partial charge on any atom is 0.251 e. The summed E-state index contributed by atoms with van der Waals surface area (Å²) in [4.78, 5) is 16.5. The van der Waals surface area contributed by atoms with Gasteiger partial charge in [-0.1, -0.05) is 13.3 Å². The first kappa shape index (κ1) is 14.8. The van der Waals surface area contributed by atoms with Crippen LogP contribution in [-0.2, 0) is 11.2 Å². The van der Waals surface area contributed by atoms with Crippen LogP contribution in [0.15, 0.2) is 12.1 Å². The third kappa shape index (κ3) is 3.70. The smallest absolute Gasteiger partial charge is 0.251 e. The predicted octanol–water partition coefficient (Wildman–Crippen LogP) is 1.77. The van der Waals surface area contributed by atoms with Crippen molar-refractivity contribution in [3.8, 4) is 0 Å². The molecule has 5 nitrogen and oxygen atoms in total. The normalized spacial score (nSPS) is 19.8. The third-order valence-electron chi connectivity index (χ3n) is 3.70. The number of hydrogen-bond donors (Lipinski definition) is 2. The largest absolute Gasteiger partial charge is 0.384 e. The van der Waals surface area contributed by atoms with Crippen molar-refractivity contribution in [3.63, 3.8) is 0 Å². The monoisotopic (exact) mass is 277 g/mol. The molecule has 110 valence electrons. The summed E-state index contributed by atoms with van der Waals surface area (Å²) in [5, 5.41) is 3.03. The van der Waals surface area contributed by atoms with Gasteiger partial charge in [0.05, 0.1) is 6.61 Å². The second-order valence-corrected chi connectivity index (χ2v) is 5.41. The summed E-state index contributed by atoms with van der Waals surface area (Å²) in [6, 6.07) is 3.56. The Morgan fingerprint density at radius 1 is 1.60 bits per heavy atom. The second-order valence-electron chi connectivity index (χ2n) is 5.41. The zero-order valence-corrected chi connectivity index (χ0v) is 12.2. The Balaban J connectivity index is 2.04. The van der Waals surface area contributed by atoms with Crippen LogP contribution in [0, 0.1) is 5.92 Å². The van der Waals surface area contributed by atoms with Gasteiger partial charge in [0.2, 0.25) is 0 Å². The van der Waals surface area contributed by atoms with Gasteiger partial charge < -0.3 is 15.8 Å². The highest BCUT2D eigenvalue weighted by Gasteiger charge is 2.24. The quantitative estimate of drug-likeness (QED) is 0.860. The molecule has 0 bridgehead atoms. The molecule has 1 aromatic heterocycles. The number of hydrogen-bond acceptors (Lipinski definition) is 4. The minimum absolute atomic E-state index is 0.0872. The number of nitrogens with zero attached hydrogens (tertiary/aromatic N) is 1. The van der Waals surface area contributed by atoms with Crippen molar-refractivity contribution in [2.75, 3.05) is 18.9 Å². The van der Waals surface area contributed by atoms with E-state index in [0.717, 1.165) is 38.2 Å². The third-order valence-corrected chi connectivity index (χ3v) is 3.70. The molecule has 0 saturated carbocycles. The molecule has 1 aliphatic heterocycles. The topological polar surface area (TPSA) is 77.2 Å². The standard InChI is InChI=1S/C15H23N3O2/c1-3-4-13-7-12(8-14(16)18-13)15(19)17-10(2)11-5-6-20-9-11/h7-8,10-11H,3-6,9H2,1-2H3,(H2,16,18)(H,17,19). The van der Waals surface area contributed by atoms with E-state index in [0.29, 0.717) is 17.3 Å². The number of anilines is 1. The lowest BCUT2D eigenvalue weighted by molar-refractivity contribution is 0.0922. The summed E-state index contributed by atoms with van der Waals surface area (Å²) in [6.45, 7) is 5.61. The SMILES string of the molecule is CCCc1cc(C(=O)NC(C)C2CCOC2)cc(N)n1. The maximum absolute atomic E-state index is 12.3. The van der Waals surface area contributed by atoms with Crippen molar-refractivity contribution >= 4 is 11.7 Å². The van der Waals surface area contributed by atoms with Gasteiger partial charge in [-0.25, -0.2) is 4.98 Å². The van der Waals surface area contributed by atoms with Gasteiger partial charge in [-0.05, 0) is 31.9 Å². The number of aryl methyl sites for hydroxylation is 1. The Morgan fingerprint density at radius 2 is 2.40 bits per heavy atom. The first-order chi connectivity index (χ1) is 9.60. The minimum atomic E-state index is -0.0872. The fourth-order valence-corrected chi connectivity index (χ4v) is 2.48. The van der Waals surface area contributed by atoms with E-state index in [1.165, 1.54) is 0 Å². The van der Waals surface area contributed by atoms with Crippen molar-refractivity contribution in [2.45, 2.75) is 39.2 Å². The van der Waals surface area contributed by atoms with Crippen LogP contribution in [0.25, 0.3) is 0 Å². The molecule has 2 rings (SSSR count). The van der Waals surface area contributed by atoms with Gasteiger partial charge in [-0.15, -0.1) is 0 Å². The van der Waals surface area contributed by atoms with Crippen LogP contribution < -0.4 is 11.1 Å². The van der Waals surface area contributed by atoms with Crippen LogP contribution in [0.5, 0.6) is 0 Å². The average molecular weight is 277 g/mol. The Morgan fingerprint density at radius 3 is 3.05 bits per heavy atom. The van der Waals surface area contributed by atoms with E-state index in [-0.39, 0.29) is 11.9 Å². The van der Waals surface area contributed by atoms with Gasteiger partial charge in [0.1, 0.15) is 5.82 Å². The molecular formula is C15H23N3O2. The van der Waals surface area contributed by atoms with E-state index in [1.54, 1.807) is 6.07 Å². The number of carbonyl (C=O) groups excluding carboxylic acids is 1. The van der Waals surface area contributed by atoms with Gasteiger partial charge in [-0.2, -0.15) is 0 Å². The molecule has 1 aromatic rings. The molecule has 1 amide bonds. The summed E-state index contributed by atoms with van der Waals surface area (Å²) in [7, 11) is 0. The van der Waals surface area contributed by atoms with E-state index in [2.05, 4.69) is 17.2 Å². The average Bonchev–Trinajstić information content (AvgIpc) is 2.92. The zero-order valence-electron chi connectivity index (χ0n) is 12.2. The minimum Gasteiger partial charge on any atom is -0.384 e. The lowest BCUT2D eigenvalue weighted by Gasteiger charge is -2.19. The summed E-state index contributed by atoms with van der Waals surface area (Å²) in [6.07, 6.45) is 2.81. The van der Waals surface area contributed by atoms with Gasteiger partial charge in [-0.3, -0.25) is 4.79 Å². The van der Waals surface area contributed by atoms with Crippen LogP contribution in [0.3, 0.4) is 0 Å². The lowest BCUT2D eigenvalue weighted by atomic mass is 10.0. The van der Waals surface area contributed by atoms with E-state index in [4.69, 9.17) is 10.5 Å². The molecule has 3 N–H and O–H groups in total. The van der Waals surface area contributed by atoms with Crippen molar-refractivity contribution in [3.05, 3.63) is 23.4 Å². The number of aromatic nitrogens is 1. The summed E-state index contributed by atoms with van der Waals surface area (Å²) >= 11 is 0.